The van der Waals surface area contributed by atoms with E-state index in [0.29, 0.717) is 29.3 Å². The average Bonchev–Trinajstić information content (AvgIpc) is 3.01. The SMILES string of the molecule is Cc1cc(CS(=O)(=O)Cc2ccccc2)c2ccccc2c1Oc1ncccc1-c1ccnc(NC2CCC(N)CC2)n1. The number of anilines is 1. The number of nitrogens with one attached hydrogen (secondary N) is 1. The molecule has 0 amide bonds. The van der Waals surface area contributed by atoms with E-state index in [9.17, 15) is 8.42 Å². The second-order valence-corrected chi connectivity index (χ2v) is 13.3. The number of hydrogen-bond acceptors (Lipinski definition) is 8. The Balaban J connectivity index is 1.29. The molecule has 0 unspecified atom stereocenters. The summed E-state index contributed by atoms with van der Waals surface area (Å²) in [6.45, 7) is 1.93. The molecular weight excluding hydrogens is 558 g/mol. The van der Waals surface area contributed by atoms with Crippen LogP contribution in [0, 0.1) is 6.92 Å². The van der Waals surface area contributed by atoms with E-state index in [2.05, 4.69) is 15.3 Å². The van der Waals surface area contributed by atoms with E-state index in [4.69, 9.17) is 15.5 Å². The highest BCUT2D eigenvalue weighted by molar-refractivity contribution is 7.89. The standard InChI is InChI=1S/C34H35N5O3S/c1-23-20-25(22-43(40,41)21-24-8-3-2-4-9-24)28-10-5-6-11-29(28)32(23)42-33-30(12-7-18-36-33)31-17-19-37-34(39-31)38-27-15-13-26(35)14-16-27/h2-12,17-20,26-27H,13-16,21-22,35H2,1H3,(H,37,38,39). The molecule has 1 fully saturated rings. The summed E-state index contributed by atoms with van der Waals surface area (Å²) in [6.07, 6.45) is 7.39. The molecule has 5 aromatic rings. The maximum absolute atomic E-state index is 13.2. The molecule has 0 bridgehead atoms. The third-order valence-electron chi connectivity index (χ3n) is 7.88. The number of pyridine rings is 1. The number of benzene rings is 3. The Morgan fingerprint density at radius 2 is 1.60 bits per heavy atom. The monoisotopic (exact) mass is 593 g/mol. The van der Waals surface area contributed by atoms with Crippen molar-refractivity contribution in [2.75, 3.05) is 5.32 Å². The fourth-order valence-corrected chi connectivity index (χ4v) is 7.25. The Kier molecular flexibility index (Phi) is 8.35. The van der Waals surface area contributed by atoms with Gasteiger partial charge in [0.25, 0.3) is 0 Å². The molecule has 9 heteroatoms. The summed E-state index contributed by atoms with van der Waals surface area (Å²) < 4.78 is 32.9. The molecule has 0 saturated heterocycles. The van der Waals surface area contributed by atoms with Crippen LogP contribution in [0.3, 0.4) is 0 Å². The van der Waals surface area contributed by atoms with Gasteiger partial charge in [0.05, 0.1) is 22.8 Å². The number of rotatable bonds is 9. The first-order chi connectivity index (χ1) is 20.8. The van der Waals surface area contributed by atoms with Crippen molar-refractivity contribution in [1.29, 1.82) is 0 Å². The molecule has 3 N–H and O–H groups in total. The van der Waals surface area contributed by atoms with Gasteiger partial charge in [0.2, 0.25) is 11.8 Å². The van der Waals surface area contributed by atoms with Crippen molar-refractivity contribution in [3.8, 4) is 22.9 Å². The third kappa shape index (κ3) is 6.84. The van der Waals surface area contributed by atoms with E-state index in [-0.39, 0.29) is 17.5 Å². The minimum absolute atomic E-state index is 0.0131. The minimum atomic E-state index is -3.41. The highest BCUT2D eigenvalue weighted by Crippen LogP contribution is 2.38. The number of nitrogens with two attached hydrogens (primary N) is 1. The second-order valence-electron chi connectivity index (χ2n) is 11.2. The van der Waals surface area contributed by atoms with Gasteiger partial charge in [0, 0.05) is 29.9 Å². The Morgan fingerprint density at radius 3 is 2.40 bits per heavy atom. The lowest BCUT2D eigenvalue weighted by atomic mass is 9.92. The van der Waals surface area contributed by atoms with Crippen molar-refractivity contribution in [3.63, 3.8) is 0 Å². The van der Waals surface area contributed by atoms with Gasteiger partial charge in [-0.2, -0.15) is 0 Å². The summed E-state index contributed by atoms with van der Waals surface area (Å²) in [7, 11) is -3.41. The van der Waals surface area contributed by atoms with Gasteiger partial charge in [-0.05, 0) is 72.9 Å². The first-order valence-corrected chi connectivity index (χ1v) is 16.4. The number of hydrogen-bond donors (Lipinski definition) is 2. The molecule has 0 spiro atoms. The van der Waals surface area contributed by atoms with Gasteiger partial charge in [0.15, 0.2) is 9.84 Å². The Labute approximate surface area is 252 Å². The van der Waals surface area contributed by atoms with Gasteiger partial charge in [-0.15, -0.1) is 0 Å². The van der Waals surface area contributed by atoms with E-state index in [1.165, 1.54) is 0 Å². The highest BCUT2D eigenvalue weighted by atomic mass is 32.2. The number of aromatic nitrogens is 3. The summed E-state index contributed by atoms with van der Waals surface area (Å²) in [5, 5.41) is 5.12. The second kappa shape index (κ2) is 12.5. The number of nitrogens with zero attached hydrogens (tertiary/aromatic N) is 3. The zero-order chi connectivity index (χ0) is 29.8. The van der Waals surface area contributed by atoms with Gasteiger partial charge in [0.1, 0.15) is 5.75 Å². The van der Waals surface area contributed by atoms with E-state index >= 15 is 0 Å². The van der Waals surface area contributed by atoms with Crippen LogP contribution >= 0.6 is 0 Å². The molecule has 8 nitrogen and oxygen atoms in total. The first kappa shape index (κ1) is 28.8. The van der Waals surface area contributed by atoms with Gasteiger partial charge in [-0.25, -0.2) is 23.4 Å². The normalized spacial score (nSPS) is 17.1. The van der Waals surface area contributed by atoms with Crippen molar-refractivity contribution in [3.05, 3.63) is 108 Å². The quantitative estimate of drug-likeness (QED) is 0.196. The fourth-order valence-electron chi connectivity index (χ4n) is 5.74. The lowest BCUT2D eigenvalue weighted by Crippen LogP contribution is -2.33. The van der Waals surface area contributed by atoms with Gasteiger partial charge in [-0.1, -0.05) is 60.7 Å². The zero-order valence-corrected chi connectivity index (χ0v) is 24.9. The molecule has 6 rings (SSSR count). The van der Waals surface area contributed by atoms with Crippen molar-refractivity contribution in [2.45, 2.75) is 56.2 Å². The Morgan fingerprint density at radius 1 is 0.860 bits per heavy atom. The molecule has 0 atom stereocenters. The Hall–Kier alpha value is -4.34. The molecule has 43 heavy (non-hydrogen) atoms. The van der Waals surface area contributed by atoms with Crippen LogP contribution in [0.1, 0.15) is 42.4 Å². The van der Waals surface area contributed by atoms with E-state index in [0.717, 1.165) is 58.7 Å². The number of aryl methyl sites for hydroxylation is 1. The van der Waals surface area contributed by atoms with Crippen LogP contribution in [0.4, 0.5) is 5.95 Å². The molecule has 220 valence electrons. The largest absolute Gasteiger partial charge is 0.437 e. The predicted molar refractivity (Wildman–Crippen MR) is 171 cm³/mol. The summed E-state index contributed by atoms with van der Waals surface area (Å²) in [5.41, 5.74) is 9.84. The van der Waals surface area contributed by atoms with E-state index in [1.54, 1.807) is 12.4 Å². The summed E-state index contributed by atoms with van der Waals surface area (Å²) in [6, 6.07) is 25.1. The third-order valence-corrected chi connectivity index (χ3v) is 9.40. The van der Waals surface area contributed by atoms with Crippen LogP contribution in [0.2, 0.25) is 0 Å². The number of ether oxygens (including phenoxy) is 1. The summed E-state index contributed by atoms with van der Waals surface area (Å²) >= 11 is 0. The van der Waals surface area contributed by atoms with Crippen molar-refractivity contribution in [2.24, 2.45) is 5.73 Å². The summed E-state index contributed by atoms with van der Waals surface area (Å²) in [5.74, 6) is 1.53. The molecule has 3 aromatic carbocycles. The molecule has 2 heterocycles. The van der Waals surface area contributed by atoms with Crippen LogP contribution < -0.4 is 15.8 Å². The van der Waals surface area contributed by atoms with Gasteiger partial charge >= 0.3 is 0 Å². The molecular formula is C34H35N5O3S. The smallest absolute Gasteiger partial charge is 0.228 e. The molecule has 2 aromatic heterocycles. The molecule has 1 saturated carbocycles. The first-order valence-electron chi connectivity index (χ1n) is 14.6. The highest BCUT2D eigenvalue weighted by Gasteiger charge is 2.21. The Bertz CT molecular complexity index is 1840. The molecule has 0 radical (unpaired) electrons. The van der Waals surface area contributed by atoms with Crippen LogP contribution in [-0.2, 0) is 21.3 Å². The topological polar surface area (TPSA) is 120 Å². The zero-order valence-electron chi connectivity index (χ0n) is 24.1. The average molecular weight is 594 g/mol. The number of fused-ring (bicyclic) bond motifs is 1. The van der Waals surface area contributed by atoms with Gasteiger partial charge < -0.3 is 15.8 Å². The van der Waals surface area contributed by atoms with Crippen LogP contribution in [0.15, 0.2) is 91.3 Å². The number of sulfone groups is 1. The maximum Gasteiger partial charge on any atom is 0.228 e. The van der Waals surface area contributed by atoms with Crippen LogP contribution in [0.25, 0.3) is 22.0 Å². The van der Waals surface area contributed by atoms with Gasteiger partial charge in [-0.3, -0.25) is 0 Å². The minimum Gasteiger partial charge on any atom is -0.437 e. The summed E-state index contributed by atoms with van der Waals surface area (Å²) in [4.78, 5) is 13.8. The van der Waals surface area contributed by atoms with Crippen molar-refractivity contribution >= 4 is 26.6 Å². The van der Waals surface area contributed by atoms with E-state index < -0.39 is 9.84 Å². The van der Waals surface area contributed by atoms with Crippen LogP contribution in [0.5, 0.6) is 11.6 Å². The fraction of sp³-hybridized carbons (Fsp3) is 0.265. The molecule has 0 aliphatic heterocycles. The lowest BCUT2D eigenvalue weighted by Gasteiger charge is -2.26. The lowest BCUT2D eigenvalue weighted by molar-refractivity contribution is 0.410. The van der Waals surface area contributed by atoms with Crippen molar-refractivity contribution < 1.29 is 13.2 Å². The van der Waals surface area contributed by atoms with Crippen LogP contribution in [-0.4, -0.2) is 35.5 Å². The van der Waals surface area contributed by atoms with E-state index in [1.807, 2.05) is 85.8 Å². The molecule has 1 aliphatic rings. The maximum atomic E-state index is 13.2. The predicted octanol–water partition coefficient (Wildman–Crippen LogP) is 6.59. The molecule has 1 aliphatic carbocycles. The van der Waals surface area contributed by atoms with Crippen molar-refractivity contribution in [1.82, 2.24) is 15.0 Å².